The molecule has 3 aromatic rings. The van der Waals surface area contributed by atoms with Gasteiger partial charge in [0.1, 0.15) is 0 Å². The third kappa shape index (κ3) is 2.05. The summed E-state index contributed by atoms with van der Waals surface area (Å²) in [5.74, 6) is 0.695. The zero-order valence-corrected chi connectivity index (χ0v) is 17.5. The third-order valence-electron chi connectivity index (χ3n) is 8.22. The van der Waals surface area contributed by atoms with Crippen LogP contribution in [0, 0.1) is 0 Å². The van der Waals surface area contributed by atoms with Crippen LogP contribution in [0.15, 0.2) is 36.4 Å². The topological polar surface area (TPSA) is 68.7 Å². The Kier molecular flexibility index (Phi) is 3.67. The lowest BCUT2D eigenvalue weighted by Gasteiger charge is -2.63. The minimum Gasteiger partial charge on any atom is -0.504 e. The Morgan fingerprint density at radius 1 is 1.20 bits per heavy atom. The first-order valence-electron chi connectivity index (χ1n) is 11.0. The van der Waals surface area contributed by atoms with Crippen molar-refractivity contribution >= 4 is 10.9 Å². The highest BCUT2D eigenvalue weighted by Crippen LogP contribution is 2.60. The molecular weight excluding hydrogens is 376 g/mol. The summed E-state index contributed by atoms with van der Waals surface area (Å²) >= 11 is 0. The van der Waals surface area contributed by atoms with E-state index >= 15 is 0 Å². The minimum absolute atomic E-state index is 0.0401. The molecule has 0 saturated carbocycles. The number of likely N-dealkylation sites (tertiary alicyclic amines) is 1. The minimum atomic E-state index is -0.934. The number of phenolic OH excluding ortho intramolecular Hbond substituents is 1. The highest BCUT2D eigenvalue weighted by atomic mass is 16.5. The Hall–Kier alpha value is -2.50. The predicted octanol–water partition coefficient (Wildman–Crippen LogP) is 3.30. The Morgan fingerprint density at radius 2 is 2.03 bits per heavy atom. The van der Waals surface area contributed by atoms with Gasteiger partial charge < -0.3 is 19.9 Å². The number of likely N-dealkylation sites (N-methyl/N-ethyl adjacent to an activating group) is 1. The van der Waals surface area contributed by atoms with Crippen molar-refractivity contribution in [2.75, 3.05) is 20.2 Å². The van der Waals surface area contributed by atoms with Gasteiger partial charge in [-0.3, -0.25) is 4.90 Å². The molecule has 2 bridgehead atoms. The number of methoxy groups -OCH3 is 1. The number of hydrogen-bond acceptors (Lipinski definition) is 4. The van der Waals surface area contributed by atoms with Crippen molar-refractivity contribution in [3.05, 3.63) is 58.8 Å². The number of rotatable bonds is 2. The van der Waals surface area contributed by atoms with Crippen molar-refractivity contribution < 1.29 is 14.9 Å². The summed E-state index contributed by atoms with van der Waals surface area (Å²) in [6.07, 6.45) is 2.87. The fourth-order valence-electron chi connectivity index (χ4n) is 6.83. The van der Waals surface area contributed by atoms with E-state index in [9.17, 15) is 10.2 Å². The zero-order valence-electron chi connectivity index (χ0n) is 17.5. The van der Waals surface area contributed by atoms with E-state index in [1.807, 2.05) is 12.1 Å². The normalized spacial score (nSPS) is 29.9. The van der Waals surface area contributed by atoms with Gasteiger partial charge in [0.2, 0.25) is 0 Å². The van der Waals surface area contributed by atoms with Gasteiger partial charge in [-0.05, 0) is 49.2 Å². The quantitative estimate of drug-likeness (QED) is 0.613. The van der Waals surface area contributed by atoms with Crippen LogP contribution < -0.4 is 4.74 Å². The van der Waals surface area contributed by atoms with Crippen LogP contribution in [0.3, 0.4) is 0 Å². The first-order chi connectivity index (χ1) is 14.5. The molecule has 1 fully saturated rings. The van der Waals surface area contributed by atoms with Gasteiger partial charge in [0, 0.05) is 46.5 Å². The van der Waals surface area contributed by atoms with E-state index in [0.717, 1.165) is 42.6 Å². The fourth-order valence-corrected chi connectivity index (χ4v) is 6.83. The number of nitrogens with one attached hydrogen (secondary N) is 1. The average Bonchev–Trinajstić information content (AvgIpc) is 3.08. The number of piperidine rings is 1. The fraction of sp³-hybridized carbons (Fsp3) is 0.440. The number of H-pyrrole nitrogens is 1. The highest BCUT2D eigenvalue weighted by molar-refractivity contribution is 5.85. The molecule has 0 unspecified atom stereocenters. The molecule has 3 aliphatic rings. The molecule has 2 aromatic carbocycles. The SMILES string of the molecule is CCN1CC[C@]23Cc4[nH]c5ccccc5c4C[C@@]2(O)[C@@H]1Cc1ccc(OC)c(O)c13. The highest BCUT2D eigenvalue weighted by Gasteiger charge is 2.65. The maximum atomic E-state index is 12.5. The molecule has 156 valence electrons. The number of ether oxygens (including phenoxy) is 1. The van der Waals surface area contributed by atoms with E-state index in [0.29, 0.717) is 18.6 Å². The van der Waals surface area contributed by atoms with Crippen molar-refractivity contribution in [1.82, 2.24) is 9.88 Å². The van der Waals surface area contributed by atoms with E-state index in [1.165, 1.54) is 16.6 Å². The predicted molar refractivity (Wildman–Crippen MR) is 116 cm³/mol. The molecule has 0 amide bonds. The summed E-state index contributed by atoms with van der Waals surface area (Å²) < 4.78 is 5.47. The van der Waals surface area contributed by atoms with E-state index < -0.39 is 11.0 Å². The number of para-hydroxylation sites is 1. The molecule has 30 heavy (non-hydrogen) atoms. The molecule has 1 aromatic heterocycles. The lowest BCUT2D eigenvalue weighted by Crippen LogP contribution is -2.74. The molecule has 0 radical (unpaired) electrons. The summed E-state index contributed by atoms with van der Waals surface area (Å²) in [6.45, 7) is 4.02. The van der Waals surface area contributed by atoms with Crippen LogP contribution in [0.1, 0.15) is 35.7 Å². The van der Waals surface area contributed by atoms with Crippen LogP contribution >= 0.6 is 0 Å². The molecule has 6 rings (SSSR count). The monoisotopic (exact) mass is 404 g/mol. The molecule has 0 spiro atoms. The summed E-state index contributed by atoms with van der Waals surface area (Å²) in [4.78, 5) is 6.06. The second-order valence-electron chi connectivity index (χ2n) is 9.24. The molecule has 1 saturated heterocycles. The summed E-state index contributed by atoms with van der Waals surface area (Å²) in [6, 6.07) is 12.4. The summed E-state index contributed by atoms with van der Waals surface area (Å²) in [5, 5.41) is 25.0. The lowest BCUT2D eigenvalue weighted by molar-refractivity contribution is -0.150. The molecule has 3 atom stereocenters. The van der Waals surface area contributed by atoms with Crippen molar-refractivity contribution in [2.24, 2.45) is 0 Å². The number of aliphatic hydroxyl groups is 1. The van der Waals surface area contributed by atoms with Crippen LogP contribution in [0.4, 0.5) is 0 Å². The summed E-state index contributed by atoms with van der Waals surface area (Å²) in [7, 11) is 1.59. The number of hydrogen-bond donors (Lipinski definition) is 3. The lowest BCUT2D eigenvalue weighted by atomic mass is 9.49. The van der Waals surface area contributed by atoms with E-state index in [4.69, 9.17) is 4.74 Å². The van der Waals surface area contributed by atoms with Crippen LogP contribution in [0.25, 0.3) is 10.9 Å². The molecule has 2 aliphatic carbocycles. The van der Waals surface area contributed by atoms with Gasteiger partial charge in [-0.2, -0.15) is 0 Å². The number of phenols is 1. The van der Waals surface area contributed by atoms with E-state index in [2.05, 4.69) is 41.1 Å². The Balaban J connectivity index is 1.65. The van der Waals surface area contributed by atoms with Gasteiger partial charge in [0.05, 0.1) is 12.7 Å². The van der Waals surface area contributed by atoms with Crippen molar-refractivity contribution in [1.29, 1.82) is 0 Å². The molecule has 5 heteroatoms. The molecular formula is C25H28N2O3. The number of aromatic nitrogens is 1. The van der Waals surface area contributed by atoms with Gasteiger partial charge in [0.25, 0.3) is 0 Å². The van der Waals surface area contributed by atoms with Gasteiger partial charge in [-0.25, -0.2) is 0 Å². The molecule has 5 nitrogen and oxygen atoms in total. The van der Waals surface area contributed by atoms with Gasteiger partial charge in [0.15, 0.2) is 11.5 Å². The second-order valence-corrected chi connectivity index (χ2v) is 9.24. The first kappa shape index (κ1) is 18.3. The number of benzene rings is 2. The standard InChI is InChI=1S/C25H28N2O3/c1-3-27-11-10-24-14-19-17(16-6-4-5-7-18(16)26-19)13-25(24,29)21(27)12-15-8-9-20(30-2)23(28)22(15)24/h4-9,21,26,28-29H,3,10-14H2,1-2H3/t21-,24+,25+/m0/s1. The van der Waals surface area contributed by atoms with E-state index in [-0.39, 0.29) is 11.8 Å². The van der Waals surface area contributed by atoms with Gasteiger partial charge in [-0.15, -0.1) is 0 Å². The maximum Gasteiger partial charge on any atom is 0.161 e. The molecule has 2 heterocycles. The van der Waals surface area contributed by atoms with Crippen LogP contribution in [0.5, 0.6) is 11.5 Å². The van der Waals surface area contributed by atoms with E-state index in [1.54, 1.807) is 7.11 Å². The number of aromatic amines is 1. The zero-order chi connectivity index (χ0) is 20.7. The number of fused-ring (bicyclic) bond motifs is 4. The van der Waals surface area contributed by atoms with Crippen LogP contribution in [-0.4, -0.2) is 51.9 Å². The molecule has 1 aliphatic heterocycles. The van der Waals surface area contributed by atoms with Gasteiger partial charge >= 0.3 is 0 Å². The third-order valence-corrected chi connectivity index (χ3v) is 8.22. The first-order valence-corrected chi connectivity index (χ1v) is 11.0. The summed E-state index contributed by atoms with van der Waals surface area (Å²) in [5.41, 5.74) is 4.14. The largest absolute Gasteiger partial charge is 0.504 e. The van der Waals surface area contributed by atoms with Crippen molar-refractivity contribution in [3.63, 3.8) is 0 Å². The average molecular weight is 405 g/mol. The molecule has 3 N–H and O–H groups in total. The van der Waals surface area contributed by atoms with Crippen LogP contribution in [0.2, 0.25) is 0 Å². The van der Waals surface area contributed by atoms with Gasteiger partial charge in [-0.1, -0.05) is 31.2 Å². The van der Waals surface area contributed by atoms with Crippen LogP contribution in [-0.2, 0) is 24.7 Å². The smallest absolute Gasteiger partial charge is 0.161 e. The van der Waals surface area contributed by atoms with Crippen molar-refractivity contribution in [2.45, 2.75) is 49.7 Å². The number of aromatic hydroxyl groups is 1. The maximum absolute atomic E-state index is 12.5. The second kappa shape index (κ2) is 6.02. The Bertz CT molecular complexity index is 1170. The Morgan fingerprint density at radius 3 is 2.83 bits per heavy atom. The van der Waals surface area contributed by atoms with Crippen molar-refractivity contribution in [3.8, 4) is 11.5 Å². The number of nitrogens with zero attached hydrogens (tertiary/aromatic N) is 1. The Labute approximate surface area is 176 Å².